The zero-order chi connectivity index (χ0) is 14.7. The van der Waals surface area contributed by atoms with Gasteiger partial charge in [-0.2, -0.15) is 0 Å². The molecule has 2 aromatic carbocycles. The molecule has 3 heteroatoms. The number of hydrogen-bond donors (Lipinski definition) is 1. The number of rotatable bonds is 3. The van der Waals surface area contributed by atoms with Crippen molar-refractivity contribution in [3.05, 3.63) is 69.7 Å². The van der Waals surface area contributed by atoms with Gasteiger partial charge in [-0.15, -0.1) is 0 Å². The summed E-state index contributed by atoms with van der Waals surface area (Å²) in [6.45, 7) is 0.0544. The molecule has 0 aliphatic heterocycles. The Balaban J connectivity index is 1.84. The van der Waals surface area contributed by atoms with Gasteiger partial charge in [0.1, 0.15) is 0 Å². The molecular formula is C18H18BrNO. The first-order chi connectivity index (χ1) is 10.3. The Kier molecular flexibility index (Phi) is 4.51. The number of benzene rings is 2. The lowest BCUT2D eigenvalue weighted by Gasteiger charge is -2.21. The fourth-order valence-corrected chi connectivity index (χ4v) is 3.46. The minimum atomic E-state index is -0.144. The van der Waals surface area contributed by atoms with Gasteiger partial charge in [0.15, 0.2) is 0 Å². The Morgan fingerprint density at radius 3 is 2.62 bits per heavy atom. The van der Waals surface area contributed by atoms with Crippen LogP contribution in [0, 0.1) is 0 Å². The molecule has 0 radical (unpaired) electrons. The Bertz CT molecular complexity index is 652. The average Bonchev–Trinajstić information content (AvgIpc) is 2.53. The van der Waals surface area contributed by atoms with E-state index in [4.69, 9.17) is 4.99 Å². The summed E-state index contributed by atoms with van der Waals surface area (Å²) >= 11 is 3.62. The van der Waals surface area contributed by atoms with E-state index in [1.807, 2.05) is 30.3 Å². The predicted octanol–water partition coefficient (Wildman–Crippen LogP) is 4.11. The summed E-state index contributed by atoms with van der Waals surface area (Å²) in [5, 5.41) is 9.63. The smallest absolute Gasteiger partial charge is 0.0979 e. The van der Waals surface area contributed by atoms with Crippen molar-refractivity contribution in [2.24, 2.45) is 4.99 Å². The molecule has 1 atom stereocenters. The summed E-state index contributed by atoms with van der Waals surface area (Å²) in [5.41, 5.74) is 5.01. The Morgan fingerprint density at radius 1 is 1.05 bits per heavy atom. The summed E-state index contributed by atoms with van der Waals surface area (Å²) in [4.78, 5) is 4.80. The molecule has 1 N–H and O–H groups in total. The van der Waals surface area contributed by atoms with Crippen LogP contribution in [0.15, 0.2) is 58.0 Å². The van der Waals surface area contributed by atoms with Crippen LogP contribution in [-0.4, -0.2) is 17.4 Å². The van der Waals surface area contributed by atoms with Gasteiger partial charge >= 0.3 is 0 Å². The lowest BCUT2D eigenvalue weighted by atomic mass is 9.90. The van der Waals surface area contributed by atoms with E-state index in [-0.39, 0.29) is 12.6 Å². The van der Waals surface area contributed by atoms with Gasteiger partial charge in [0.05, 0.1) is 12.6 Å². The third-order valence-corrected chi connectivity index (χ3v) is 4.71. The zero-order valence-corrected chi connectivity index (χ0v) is 13.4. The van der Waals surface area contributed by atoms with Crippen LogP contribution < -0.4 is 0 Å². The maximum atomic E-state index is 9.63. The van der Waals surface area contributed by atoms with E-state index in [1.165, 1.54) is 21.3 Å². The topological polar surface area (TPSA) is 32.6 Å². The van der Waals surface area contributed by atoms with Gasteiger partial charge in [0.25, 0.3) is 0 Å². The molecule has 0 saturated heterocycles. The lowest BCUT2D eigenvalue weighted by molar-refractivity contribution is 0.268. The van der Waals surface area contributed by atoms with Crippen molar-refractivity contribution < 1.29 is 5.11 Å². The molecule has 2 aromatic rings. The molecule has 0 spiro atoms. The van der Waals surface area contributed by atoms with Crippen molar-refractivity contribution in [1.82, 2.24) is 0 Å². The molecule has 3 rings (SSSR count). The van der Waals surface area contributed by atoms with Crippen LogP contribution >= 0.6 is 15.9 Å². The van der Waals surface area contributed by atoms with E-state index in [0.717, 1.165) is 24.8 Å². The quantitative estimate of drug-likeness (QED) is 0.893. The van der Waals surface area contributed by atoms with Gasteiger partial charge in [-0.05, 0) is 35.6 Å². The second-order valence-corrected chi connectivity index (χ2v) is 6.21. The fourth-order valence-electron chi connectivity index (χ4n) is 2.85. The Morgan fingerprint density at radius 2 is 1.86 bits per heavy atom. The first-order valence-electron chi connectivity index (χ1n) is 7.25. The van der Waals surface area contributed by atoms with Crippen molar-refractivity contribution in [2.75, 3.05) is 6.61 Å². The van der Waals surface area contributed by atoms with Crippen molar-refractivity contribution >= 4 is 21.6 Å². The SMILES string of the molecule is OC[C@H](/N=C1/CCc2c(Br)cccc2C1)c1ccccc1. The van der Waals surface area contributed by atoms with Crippen molar-refractivity contribution in [1.29, 1.82) is 0 Å². The first kappa shape index (κ1) is 14.5. The highest BCUT2D eigenvalue weighted by atomic mass is 79.9. The van der Waals surface area contributed by atoms with Gasteiger partial charge in [0.2, 0.25) is 0 Å². The highest BCUT2D eigenvalue weighted by Crippen LogP contribution is 2.28. The van der Waals surface area contributed by atoms with E-state index in [1.54, 1.807) is 0 Å². The van der Waals surface area contributed by atoms with E-state index in [9.17, 15) is 5.11 Å². The third-order valence-electron chi connectivity index (χ3n) is 3.97. The number of halogens is 1. The summed E-state index contributed by atoms with van der Waals surface area (Å²) in [6, 6.07) is 16.2. The number of hydrogen-bond acceptors (Lipinski definition) is 2. The number of nitrogens with zero attached hydrogens (tertiary/aromatic N) is 1. The summed E-state index contributed by atoms with van der Waals surface area (Å²) < 4.78 is 1.20. The van der Waals surface area contributed by atoms with Gasteiger partial charge < -0.3 is 5.11 Å². The molecule has 0 unspecified atom stereocenters. The first-order valence-corrected chi connectivity index (χ1v) is 8.05. The summed E-state index contributed by atoms with van der Waals surface area (Å²) in [7, 11) is 0. The molecule has 21 heavy (non-hydrogen) atoms. The zero-order valence-electron chi connectivity index (χ0n) is 11.8. The van der Waals surface area contributed by atoms with Gasteiger partial charge in [-0.1, -0.05) is 58.4 Å². The monoisotopic (exact) mass is 343 g/mol. The Labute approximate surface area is 133 Å². The second kappa shape index (κ2) is 6.54. The molecular weight excluding hydrogens is 326 g/mol. The van der Waals surface area contributed by atoms with Crippen LogP contribution in [0.5, 0.6) is 0 Å². The van der Waals surface area contributed by atoms with Gasteiger partial charge in [0, 0.05) is 16.6 Å². The number of fused-ring (bicyclic) bond motifs is 1. The van der Waals surface area contributed by atoms with Gasteiger partial charge in [-0.3, -0.25) is 4.99 Å². The predicted molar refractivity (Wildman–Crippen MR) is 89.9 cm³/mol. The maximum absolute atomic E-state index is 9.63. The van der Waals surface area contributed by atoms with Crippen LogP contribution in [0.3, 0.4) is 0 Å². The van der Waals surface area contributed by atoms with Crippen molar-refractivity contribution in [3.8, 4) is 0 Å². The fraction of sp³-hybridized carbons (Fsp3) is 0.278. The van der Waals surface area contributed by atoms with Crippen LogP contribution in [0.25, 0.3) is 0 Å². The molecule has 2 nitrogen and oxygen atoms in total. The molecule has 0 aromatic heterocycles. The van der Waals surface area contributed by atoms with E-state index >= 15 is 0 Å². The molecule has 0 bridgehead atoms. The highest BCUT2D eigenvalue weighted by Gasteiger charge is 2.18. The number of aliphatic hydroxyl groups excluding tert-OH is 1. The van der Waals surface area contributed by atoms with Crippen LogP contribution in [0.2, 0.25) is 0 Å². The Hall–Kier alpha value is -1.45. The van der Waals surface area contributed by atoms with Crippen LogP contribution in [0.1, 0.15) is 29.2 Å². The molecule has 0 saturated carbocycles. The molecule has 1 aliphatic rings. The molecule has 1 aliphatic carbocycles. The number of aliphatic imine (C=N–C) groups is 1. The lowest BCUT2D eigenvalue weighted by Crippen LogP contribution is -2.16. The standard InChI is InChI=1S/C18H18BrNO/c19-17-8-4-7-14-11-15(9-10-16(14)17)20-18(12-21)13-5-2-1-3-6-13/h1-8,18,21H,9-12H2/b20-15-/t18-/m0/s1. The third kappa shape index (κ3) is 3.25. The van der Waals surface area contributed by atoms with Crippen LogP contribution in [0.4, 0.5) is 0 Å². The van der Waals surface area contributed by atoms with Gasteiger partial charge in [-0.25, -0.2) is 0 Å². The molecule has 108 valence electrons. The number of aliphatic hydroxyl groups is 1. The minimum absolute atomic E-state index is 0.0544. The average molecular weight is 344 g/mol. The largest absolute Gasteiger partial charge is 0.394 e. The minimum Gasteiger partial charge on any atom is -0.394 e. The second-order valence-electron chi connectivity index (χ2n) is 5.36. The summed E-state index contributed by atoms with van der Waals surface area (Å²) in [6.07, 6.45) is 2.87. The maximum Gasteiger partial charge on any atom is 0.0979 e. The molecule has 0 amide bonds. The van der Waals surface area contributed by atoms with Crippen molar-refractivity contribution in [2.45, 2.75) is 25.3 Å². The molecule has 0 heterocycles. The van der Waals surface area contributed by atoms with Crippen molar-refractivity contribution in [3.63, 3.8) is 0 Å². The van der Waals surface area contributed by atoms with E-state index < -0.39 is 0 Å². The van der Waals surface area contributed by atoms with Crippen LogP contribution in [-0.2, 0) is 12.8 Å². The molecule has 0 fully saturated rings. The normalized spacial score (nSPS) is 17.5. The summed E-state index contributed by atoms with van der Waals surface area (Å²) in [5.74, 6) is 0. The van der Waals surface area contributed by atoms with E-state index in [0.29, 0.717) is 0 Å². The van der Waals surface area contributed by atoms with E-state index in [2.05, 4.69) is 34.1 Å². The highest BCUT2D eigenvalue weighted by molar-refractivity contribution is 9.10.